The number of hydrogen-bond acceptors (Lipinski definition) is 2. The Morgan fingerprint density at radius 1 is 1.29 bits per heavy atom. The summed E-state index contributed by atoms with van der Waals surface area (Å²) in [6.45, 7) is 0. The van der Waals surface area contributed by atoms with Gasteiger partial charge in [0.15, 0.2) is 0 Å². The smallest absolute Gasteiger partial charge is 0.0388 e. The third kappa shape index (κ3) is 2.10. The van der Waals surface area contributed by atoms with Gasteiger partial charge in [-0.2, -0.15) is 23.5 Å². The number of hydrogen-bond donors (Lipinski definition) is 0. The van der Waals surface area contributed by atoms with Crippen LogP contribution in [0, 0.1) is 0 Å². The molecule has 3 heteroatoms. The van der Waals surface area contributed by atoms with Crippen molar-refractivity contribution in [1.29, 1.82) is 0 Å². The first kappa shape index (κ1) is 6.04. The topological polar surface area (TPSA) is 0 Å². The number of thioether (sulfide) groups is 2. The highest BCUT2D eigenvalue weighted by Gasteiger charge is 2.06. The predicted molar refractivity (Wildman–Crippen MR) is 41.9 cm³/mol. The van der Waals surface area contributed by atoms with Crippen LogP contribution >= 0.6 is 23.5 Å². The lowest BCUT2D eigenvalue weighted by Crippen LogP contribution is -2.04. The van der Waals surface area contributed by atoms with Gasteiger partial charge in [0.1, 0.15) is 0 Å². The minimum Gasteiger partial charge on any atom is -0.152 e. The summed E-state index contributed by atoms with van der Waals surface area (Å²) in [7, 11) is 2.10. The Labute approximate surface area is 56.2 Å². The van der Waals surface area contributed by atoms with E-state index in [2.05, 4.69) is 33.8 Å². The van der Waals surface area contributed by atoms with Gasteiger partial charge in [-0.1, -0.05) is 0 Å². The fraction of sp³-hybridized carbons (Fsp3) is 1.00. The first-order valence-corrected chi connectivity index (χ1v) is 5.37. The van der Waals surface area contributed by atoms with Crippen LogP contribution < -0.4 is 0 Å². The second kappa shape index (κ2) is 3.05. The molecule has 0 aliphatic carbocycles. The molecule has 1 aliphatic rings. The average molecular weight is 149 g/mol. The van der Waals surface area contributed by atoms with Crippen LogP contribution in [-0.4, -0.2) is 26.0 Å². The summed E-state index contributed by atoms with van der Waals surface area (Å²) in [4.78, 5) is 0. The molecule has 1 fully saturated rings. The SMILES string of the molecule is [SiH2]C1SCCCS1. The molecule has 0 aromatic carbocycles. The van der Waals surface area contributed by atoms with Crippen LogP contribution in [0.4, 0.5) is 0 Å². The lowest BCUT2D eigenvalue weighted by atomic mass is 10.6. The van der Waals surface area contributed by atoms with Crippen LogP contribution in [0.1, 0.15) is 6.42 Å². The molecule has 1 saturated heterocycles. The fourth-order valence-electron chi connectivity index (χ4n) is 0.537. The maximum absolute atomic E-state index is 2.10. The van der Waals surface area contributed by atoms with Crippen molar-refractivity contribution in [3.8, 4) is 0 Å². The molecule has 1 radical (unpaired) electrons. The van der Waals surface area contributed by atoms with Crippen LogP contribution in [0.5, 0.6) is 0 Å². The molecule has 0 atom stereocenters. The minimum atomic E-state index is 0.897. The first-order valence-electron chi connectivity index (χ1n) is 2.46. The molecule has 0 amide bonds. The van der Waals surface area contributed by atoms with E-state index < -0.39 is 0 Å². The van der Waals surface area contributed by atoms with E-state index in [1.165, 1.54) is 17.9 Å². The Balaban J connectivity index is 2.12. The standard InChI is InChI=1S/C4H9S2Si/c7-4-5-2-1-3-6-4/h4H,1-3,7H2. The van der Waals surface area contributed by atoms with Gasteiger partial charge < -0.3 is 0 Å². The summed E-state index contributed by atoms with van der Waals surface area (Å²) in [5.74, 6) is 2.78. The van der Waals surface area contributed by atoms with E-state index >= 15 is 0 Å². The van der Waals surface area contributed by atoms with Gasteiger partial charge in [0.25, 0.3) is 0 Å². The second-order valence-electron chi connectivity index (χ2n) is 1.52. The Hall–Kier alpha value is 0.917. The van der Waals surface area contributed by atoms with Crippen molar-refractivity contribution >= 4 is 33.8 Å². The van der Waals surface area contributed by atoms with Gasteiger partial charge in [-0.15, -0.1) is 0 Å². The van der Waals surface area contributed by atoms with E-state index in [4.69, 9.17) is 0 Å². The van der Waals surface area contributed by atoms with Crippen molar-refractivity contribution in [1.82, 2.24) is 0 Å². The zero-order valence-corrected chi connectivity index (χ0v) is 7.27. The maximum Gasteiger partial charge on any atom is 0.0388 e. The van der Waals surface area contributed by atoms with Crippen LogP contribution in [0.25, 0.3) is 0 Å². The monoisotopic (exact) mass is 149 g/mol. The van der Waals surface area contributed by atoms with E-state index in [1.807, 2.05) is 0 Å². The van der Waals surface area contributed by atoms with Crippen molar-refractivity contribution in [2.75, 3.05) is 11.5 Å². The summed E-state index contributed by atoms with van der Waals surface area (Å²) in [5.41, 5.74) is 0. The molecule has 0 nitrogen and oxygen atoms in total. The third-order valence-electron chi connectivity index (χ3n) is 0.896. The molecule has 0 spiro atoms. The zero-order valence-electron chi connectivity index (χ0n) is 4.22. The summed E-state index contributed by atoms with van der Waals surface area (Å²) < 4.78 is 0.897. The molecule has 0 unspecified atom stereocenters. The quantitative estimate of drug-likeness (QED) is 0.467. The van der Waals surface area contributed by atoms with E-state index in [-0.39, 0.29) is 0 Å². The molecule has 0 N–H and O–H groups in total. The summed E-state index contributed by atoms with van der Waals surface area (Å²) in [6.07, 6.45) is 1.42. The molecule has 7 heavy (non-hydrogen) atoms. The van der Waals surface area contributed by atoms with Gasteiger partial charge >= 0.3 is 0 Å². The van der Waals surface area contributed by atoms with Crippen molar-refractivity contribution in [2.24, 2.45) is 0 Å². The average Bonchev–Trinajstić information content (AvgIpc) is 1.69. The Kier molecular flexibility index (Phi) is 2.63. The summed E-state index contributed by atoms with van der Waals surface area (Å²) in [5, 5.41) is 0. The Bertz CT molecular complexity index is 51.7. The summed E-state index contributed by atoms with van der Waals surface area (Å²) >= 11 is 4.19. The van der Waals surface area contributed by atoms with Gasteiger partial charge in [0.2, 0.25) is 0 Å². The molecule has 0 saturated carbocycles. The normalized spacial score (nSPS) is 25.3. The highest BCUT2D eigenvalue weighted by molar-refractivity contribution is 8.19. The van der Waals surface area contributed by atoms with Crippen molar-refractivity contribution in [3.05, 3.63) is 0 Å². The van der Waals surface area contributed by atoms with Crippen LogP contribution in [0.3, 0.4) is 0 Å². The van der Waals surface area contributed by atoms with Crippen molar-refractivity contribution in [3.63, 3.8) is 0 Å². The largest absolute Gasteiger partial charge is 0.152 e. The fourth-order valence-corrected chi connectivity index (χ4v) is 3.83. The molecule has 1 rings (SSSR count). The molecule has 41 valence electrons. The van der Waals surface area contributed by atoms with E-state index in [0.29, 0.717) is 0 Å². The second-order valence-corrected chi connectivity index (χ2v) is 6.44. The lowest BCUT2D eigenvalue weighted by molar-refractivity contribution is 1.12. The number of rotatable bonds is 0. The van der Waals surface area contributed by atoms with Crippen LogP contribution in [0.2, 0.25) is 0 Å². The first-order chi connectivity index (χ1) is 3.39. The van der Waals surface area contributed by atoms with Gasteiger partial charge in [-0.05, 0) is 17.9 Å². The zero-order chi connectivity index (χ0) is 5.11. The predicted octanol–water partition coefficient (Wildman–Crippen LogP) is 0.773. The molecular weight excluding hydrogens is 140 g/mol. The van der Waals surface area contributed by atoms with Crippen LogP contribution in [-0.2, 0) is 0 Å². The molecular formula is C4H9S2Si. The van der Waals surface area contributed by atoms with Gasteiger partial charge in [0.05, 0.1) is 0 Å². The Morgan fingerprint density at radius 3 is 2.14 bits per heavy atom. The molecule has 0 bridgehead atoms. The Morgan fingerprint density at radius 2 is 1.86 bits per heavy atom. The van der Waals surface area contributed by atoms with Crippen molar-refractivity contribution in [2.45, 2.75) is 10.6 Å². The van der Waals surface area contributed by atoms with E-state index in [9.17, 15) is 0 Å². The van der Waals surface area contributed by atoms with Crippen molar-refractivity contribution < 1.29 is 0 Å². The highest BCUT2D eigenvalue weighted by atomic mass is 32.2. The summed E-state index contributed by atoms with van der Waals surface area (Å²) in [6, 6.07) is 0. The lowest BCUT2D eigenvalue weighted by Gasteiger charge is -2.15. The van der Waals surface area contributed by atoms with E-state index in [0.717, 1.165) is 4.21 Å². The third-order valence-corrected chi connectivity index (χ3v) is 4.92. The minimum absolute atomic E-state index is 0.897. The van der Waals surface area contributed by atoms with Gasteiger partial charge in [-0.3, -0.25) is 0 Å². The maximum atomic E-state index is 2.10. The van der Waals surface area contributed by atoms with E-state index in [1.54, 1.807) is 0 Å². The molecule has 1 heterocycles. The van der Waals surface area contributed by atoms with Gasteiger partial charge in [0, 0.05) is 14.4 Å². The highest BCUT2D eigenvalue weighted by Crippen LogP contribution is 2.27. The van der Waals surface area contributed by atoms with Gasteiger partial charge in [-0.25, -0.2) is 0 Å². The molecule has 0 aromatic heterocycles. The molecule has 0 aromatic rings. The molecule has 1 aliphatic heterocycles. The van der Waals surface area contributed by atoms with Crippen LogP contribution in [0.15, 0.2) is 0 Å².